The number of hydrogen-bond donors (Lipinski definition) is 3. The van der Waals surface area contributed by atoms with E-state index in [-0.39, 0.29) is 29.3 Å². The predicted octanol–water partition coefficient (Wildman–Crippen LogP) is 1.01. The number of ether oxygens (including phenoxy) is 1. The highest BCUT2D eigenvalue weighted by molar-refractivity contribution is 7.85. The number of nitrogens with two attached hydrogens (primary N) is 1. The van der Waals surface area contributed by atoms with Gasteiger partial charge in [-0.15, -0.1) is 0 Å². The molecule has 1 saturated heterocycles. The Bertz CT molecular complexity index is 733. The molecule has 140 valence electrons. The van der Waals surface area contributed by atoms with E-state index in [9.17, 15) is 13.2 Å². The summed E-state index contributed by atoms with van der Waals surface area (Å²) in [6, 6.07) is 2.96. The summed E-state index contributed by atoms with van der Waals surface area (Å²) in [5.74, 6) is -0.231. The molecule has 0 unspecified atom stereocenters. The van der Waals surface area contributed by atoms with Crippen LogP contribution in [0.3, 0.4) is 0 Å². The van der Waals surface area contributed by atoms with E-state index in [1.807, 2.05) is 4.90 Å². The van der Waals surface area contributed by atoms with Crippen LogP contribution in [0.1, 0.15) is 23.2 Å². The van der Waals surface area contributed by atoms with Gasteiger partial charge in [0.05, 0.1) is 29.1 Å². The molecule has 0 atom stereocenters. The number of amides is 1. The van der Waals surface area contributed by atoms with Gasteiger partial charge in [-0.1, -0.05) is 11.6 Å². The number of nitrogens with zero attached hydrogens (tertiary/aromatic N) is 1. The molecule has 0 radical (unpaired) electrons. The Balaban J connectivity index is 1.92. The maximum Gasteiger partial charge on any atom is 0.266 e. The molecule has 1 amide bonds. The van der Waals surface area contributed by atoms with Crippen LogP contribution in [0, 0.1) is 0 Å². The number of halogens is 1. The van der Waals surface area contributed by atoms with Gasteiger partial charge < -0.3 is 20.7 Å². The number of methoxy groups -OCH3 is 1. The number of nitrogen functional groups attached to an aromatic ring is 1. The zero-order valence-corrected chi connectivity index (χ0v) is 15.4. The number of nitrogens with one attached hydrogen (secondary N) is 1. The molecule has 1 aromatic rings. The van der Waals surface area contributed by atoms with Crippen molar-refractivity contribution in [3.63, 3.8) is 0 Å². The lowest BCUT2D eigenvalue weighted by Crippen LogP contribution is -2.45. The first-order valence-corrected chi connectivity index (χ1v) is 9.79. The number of likely N-dealkylation sites (tertiary alicyclic amines) is 1. The molecule has 25 heavy (non-hydrogen) atoms. The van der Waals surface area contributed by atoms with Crippen LogP contribution in [0.25, 0.3) is 0 Å². The Labute approximate surface area is 152 Å². The molecule has 0 saturated carbocycles. The van der Waals surface area contributed by atoms with Gasteiger partial charge in [-0.3, -0.25) is 9.35 Å². The second-order valence-electron chi connectivity index (χ2n) is 5.95. The average Bonchev–Trinajstić information content (AvgIpc) is 2.55. The molecule has 0 aliphatic carbocycles. The largest absolute Gasteiger partial charge is 0.496 e. The van der Waals surface area contributed by atoms with Crippen LogP contribution < -0.4 is 15.8 Å². The summed E-state index contributed by atoms with van der Waals surface area (Å²) in [6.45, 7) is 1.56. The van der Waals surface area contributed by atoms with E-state index in [2.05, 4.69) is 5.32 Å². The third-order valence-electron chi connectivity index (χ3n) is 4.15. The second kappa shape index (κ2) is 8.22. The fraction of sp³-hybridized carbons (Fsp3) is 0.533. The number of hydrogen-bond acceptors (Lipinski definition) is 6. The van der Waals surface area contributed by atoms with Crippen molar-refractivity contribution in [2.75, 3.05) is 38.2 Å². The SMILES string of the molecule is COc1cc(N)c(Cl)cc1C(=O)NC1CCN(CCS(=O)(=O)O)CC1. The molecule has 10 heteroatoms. The smallest absolute Gasteiger partial charge is 0.266 e. The summed E-state index contributed by atoms with van der Waals surface area (Å²) in [5.41, 5.74) is 6.36. The minimum atomic E-state index is -3.96. The lowest BCUT2D eigenvalue weighted by Gasteiger charge is -2.32. The summed E-state index contributed by atoms with van der Waals surface area (Å²) in [7, 11) is -2.50. The molecule has 1 aromatic carbocycles. The fourth-order valence-electron chi connectivity index (χ4n) is 2.72. The number of carbonyl (C=O) groups excluding carboxylic acids is 1. The summed E-state index contributed by atoms with van der Waals surface area (Å²) < 4.78 is 35.6. The van der Waals surface area contributed by atoms with Crippen LogP contribution in [0.15, 0.2) is 12.1 Å². The van der Waals surface area contributed by atoms with Gasteiger partial charge in [0.1, 0.15) is 5.75 Å². The van der Waals surface area contributed by atoms with Crippen molar-refractivity contribution >= 4 is 33.3 Å². The Morgan fingerprint density at radius 3 is 2.64 bits per heavy atom. The van der Waals surface area contributed by atoms with Crippen LogP contribution >= 0.6 is 11.6 Å². The number of benzene rings is 1. The first-order valence-electron chi connectivity index (χ1n) is 7.81. The summed E-state index contributed by atoms with van der Waals surface area (Å²) in [5, 5.41) is 3.22. The van der Waals surface area contributed by atoms with Crippen LogP contribution in [0.2, 0.25) is 5.02 Å². The molecular weight excluding hydrogens is 370 g/mol. The van der Waals surface area contributed by atoms with Crippen molar-refractivity contribution in [1.82, 2.24) is 10.2 Å². The van der Waals surface area contributed by atoms with Crippen molar-refractivity contribution in [3.05, 3.63) is 22.7 Å². The monoisotopic (exact) mass is 391 g/mol. The molecule has 0 aromatic heterocycles. The van der Waals surface area contributed by atoms with E-state index in [4.69, 9.17) is 26.6 Å². The molecule has 1 aliphatic heterocycles. The van der Waals surface area contributed by atoms with Gasteiger partial charge in [0, 0.05) is 31.7 Å². The van der Waals surface area contributed by atoms with E-state index in [1.165, 1.54) is 19.2 Å². The maximum absolute atomic E-state index is 12.5. The van der Waals surface area contributed by atoms with Gasteiger partial charge in [0.15, 0.2) is 0 Å². The molecule has 8 nitrogen and oxygen atoms in total. The predicted molar refractivity (Wildman–Crippen MR) is 95.8 cm³/mol. The lowest BCUT2D eigenvalue weighted by molar-refractivity contribution is 0.0910. The highest BCUT2D eigenvalue weighted by atomic mass is 35.5. The third-order valence-corrected chi connectivity index (χ3v) is 5.18. The first-order chi connectivity index (χ1) is 11.7. The van der Waals surface area contributed by atoms with E-state index < -0.39 is 10.1 Å². The van der Waals surface area contributed by atoms with E-state index in [1.54, 1.807) is 0 Å². The fourth-order valence-corrected chi connectivity index (χ4v) is 3.38. The van der Waals surface area contributed by atoms with Gasteiger partial charge in [0.2, 0.25) is 0 Å². The average molecular weight is 392 g/mol. The van der Waals surface area contributed by atoms with Crippen molar-refractivity contribution in [1.29, 1.82) is 0 Å². The molecule has 2 rings (SSSR count). The zero-order valence-electron chi connectivity index (χ0n) is 13.9. The van der Waals surface area contributed by atoms with Crippen molar-refractivity contribution in [3.8, 4) is 5.75 Å². The number of anilines is 1. The Kier molecular flexibility index (Phi) is 6.50. The molecular formula is C15H22ClN3O5S. The van der Waals surface area contributed by atoms with Gasteiger partial charge in [0.25, 0.3) is 16.0 Å². The van der Waals surface area contributed by atoms with Crippen LogP contribution in [0.4, 0.5) is 5.69 Å². The van der Waals surface area contributed by atoms with Crippen molar-refractivity contribution in [2.45, 2.75) is 18.9 Å². The van der Waals surface area contributed by atoms with Gasteiger partial charge >= 0.3 is 0 Å². The van der Waals surface area contributed by atoms with Crippen molar-refractivity contribution < 1.29 is 22.5 Å². The summed E-state index contributed by atoms with van der Waals surface area (Å²) in [4.78, 5) is 14.4. The summed E-state index contributed by atoms with van der Waals surface area (Å²) >= 11 is 5.98. The third kappa shape index (κ3) is 5.74. The van der Waals surface area contributed by atoms with Crippen LogP contribution in [0.5, 0.6) is 5.75 Å². The molecule has 1 aliphatic rings. The van der Waals surface area contributed by atoms with Crippen LogP contribution in [-0.2, 0) is 10.1 Å². The first kappa shape index (κ1) is 19.8. The number of rotatable bonds is 6. The van der Waals surface area contributed by atoms with Gasteiger partial charge in [-0.2, -0.15) is 8.42 Å². The molecule has 0 bridgehead atoms. The standard InChI is InChI=1S/C15H22ClN3O5S/c1-24-14-9-13(17)12(16)8-11(14)15(20)18-10-2-4-19(5-3-10)6-7-25(21,22)23/h8-10H,2-7,17H2,1H3,(H,18,20)(H,21,22,23). The van der Waals surface area contributed by atoms with E-state index in [0.717, 1.165) is 0 Å². The Morgan fingerprint density at radius 1 is 1.44 bits per heavy atom. The normalized spacial score (nSPS) is 16.6. The lowest BCUT2D eigenvalue weighted by atomic mass is 10.0. The highest BCUT2D eigenvalue weighted by Gasteiger charge is 2.23. The van der Waals surface area contributed by atoms with E-state index >= 15 is 0 Å². The number of carbonyl (C=O) groups is 1. The minimum absolute atomic E-state index is 0.0319. The van der Waals surface area contributed by atoms with Crippen molar-refractivity contribution in [2.24, 2.45) is 0 Å². The quantitative estimate of drug-likeness (QED) is 0.488. The minimum Gasteiger partial charge on any atom is -0.496 e. The molecule has 4 N–H and O–H groups in total. The molecule has 1 heterocycles. The molecule has 1 fully saturated rings. The van der Waals surface area contributed by atoms with E-state index in [0.29, 0.717) is 42.9 Å². The van der Waals surface area contributed by atoms with Crippen LogP contribution in [-0.4, -0.2) is 62.3 Å². The van der Waals surface area contributed by atoms with Gasteiger partial charge in [-0.05, 0) is 18.9 Å². The Hall–Kier alpha value is -1.55. The van der Waals surface area contributed by atoms with Gasteiger partial charge in [-0.25, -0.2) is 0 Å². The molecule has 0 spiro atoms. The maximum atomic E-state index is 12.5. The zero-order chi connectivity index (χ0) is 18.6. The Morgan fingerprint density at radius 2 is 2.08 bits per heavy atom. The topological polar surface area (TPSA) is 122 Å². The highest BCUT2D eigenvalue weighted by Crippen LogP contribution is 2.29. The second-order valence-corrected chi connectivity index (χ2v) is 7.93. The summed E-state index contributed by atoms with van der Waals surface area (Å²) in [6.07, 6.45) is 1.37. The number of piperidine rings is 1.